The molecule has 2 N–H and O–H groups in total. The molecule has 2 atom stereocenters. The number of nitrogens with two attached hydrogens (primary N) is 1. The standard InChI is InChI=1S/C12H17ClFN3/c1-8-2-3-17(10(4-8)6-15)12-11(14)5-9(13)7-16-12/h5,7-8,10H,2-4,6,15H2,1H3. The van der Waals surface area contributed by atoms with E-state index < -0.39 is 0 Å². The Morgan fingerprint density at radius 3 is 3.06 bits per heavy atom. The average Bonchev–Trinajstić information content (AvgIpc) is 2.30. The van der Waals surface area contributed by atoms with Gasteiger partial charge in [0, 0.05) is 25.3 Å². The lowest BCUT2D eigenvalue weighted by atomic mass is 9.92. The zero-order valence-corrected chi connectivity index (χ0v) is 10.6. The first-order valence-electron chi connectivity index (χ1n) is 5.89. The van der Waals surface area contributed by atoms with Crippen LogP contribution in [0.2, 0.25) is 5.02 Å². The van der Waals surface area contributed by atoms with E-state index >= 15 is 0 Å². The Hall–Kier alpha value is -0.870. The maximum absolute atomic E-state index is 13.8. The number of rotatable bonds is 2. The van der Waals surface area contributed by atoms with Crippen LogP contribution in [0.5, 0.6) is 0 Å². The van der Waals surface area contributed by atoms with E-state index in [1.165, 1.54) is 12.3 Å². The van der Waals surface area contributed by atoms with Gasteiger partial charge in [-0.2, -0.15) is 0 Å². The summed E-state index contributed by atoms with van der Waals surface area (Å²) in [6.45, 7) is 3.52. The number of pyridine rings is 1. The summed E-state index contributed by atoms with van der Waals surface area (Å²) in [4.78, 5) is 6.05. The van der Waals surface area contributed by atoms with Crippen LogP contribution >= 0.6 is 11.6 Å². The number of nitrogens with zero attached hydrogens (tertiary/aromatic N) is 2. The van der Waals surface area contributed by atoms with Gasteiger partial charge in [0.05, 0.1) is 5.02 Å². The number of anilines is 1. The van der Waals surface area contributed by atoms with Crippen LogP contribution in [0.3, 0.4) is 0 Å². The molecular weight excluding hydrogens is 241 g/mol. The van der Waals surface area contributed by atoms with Crippen molar-refractivity contribution in [2.75, 3.05) is 18.0 Å². The van der Waals surface area contributed by atoms with E-state index in [9.17, 15) is 4.39 Å². The van der Waals surface area contributed by atoms with Crippen LogP contribution in [0, 0.1) is 11.7 Å². The molecule has 1 saturated heterocycles. The summed E-state index contributed by atoms with van der Waals surface area (Å²) < 4.78 is 13.8. The topological polar surface area (TPSA) is 42.2 Å². The molecule has 3 nitrogen and oxygen atoms in total. The average molecular weight is 258 g/mol. The van der Waals surface area contributed by atoms with Gasteiger partial charge in [0.25, 0.3) is 0 Å². The summed E-state index contributed by atoms with van der Waals surface area (Å²) in [6.07, 6.45) is 3.51. The minimum atomic E-state index is -0.370. The van der Waals surface area contributed by atoms with E-state index in [1.807, 2.05) is 4.90 Å². The van der Waals surface area contributed by atoms with Gasteiger partial charge in [-0.1, -0.05) is 18.5 Å². The summed E-state index contributed by atoms with van der Waals surface area (Å²) in [6, 6.07) is 1.47. The first-order chi connectivity index (χ1) is 8.11. The fraction of sp³-hybridized carbons (Fsp3) is 0.583. The Morgan fingerprint density at radius 1 is 1.65 bits per heavy atom. The lowest BCUT2D eigenvalue weighted by Crippen LogP contribution is -2.47. The SMILES string of the molecule is CC1CCN(c2ncc(Cl)cc2F)C(CN)C1. The Balaban J connectivity index is 2.25. The van der Waals surface area contributed by atoms with Crippen molar-refractivity contribution in [3.05, 3.63) is 23.1 Å². The Morgan fingerprint density at radius 2 is 2.41 bits per heavy atom. The quantitative estimate of drug-likeness (QED) is 0.885. The minimum Gasteiger partial charge on any atom is -0.350 e. The van der Waals surface area contributed by atoms with Crippen molar-refractivity contribution in [2.24, 2.45) is 11.7 Å². The molecule has 0 bridgehead atoms. The van der Waals surface area contributed by atoms with E-state index in [0.717, 1.165) is 19.4 Å². The van der Waals surface area contributed by atoms with Crippen LogP contribution in [-0.2, 0) is 0 Å². The van der Waals surface area contributed by atoms with Crippen LogP contribution in [0.4, 0.5) is 10.2 Å². The van der Waals surface area contributed by atoms with Gasteiger partial charge in [0.2, 0.25) is 0 Å². The molecule has 1 aliphatic heterocycles. The highest BCUT2D eigenvalue weighted by molar-refractivity contribution is 6.30. The Kier molecular flexibility index (Phi) is 3.84. The zero-order chi connectivity index (χ0) is 12.4. The third kappa shape index (κ3) is 2.69. The van der Waals surface area contributed by atoms with Gasteiger partial charge in [0.15, 0.2) is 11.6 Å². The molecule has 2 unspecified atom stereocenters. The van der Waals surface area contributed by atoms with Crippen LogP contribution in [0.25, 0.3) is 0 Å². The molecule has 0 aromatic carbocycles. The zero-order valence-electron chi connectivity index (χ0n) is 9.87. The molecular formula is C12H17ClFN3. The van der Waals surface area contributed by atoms with Crippen molar-refractivity contribution in [1.82, 2.24) is 4.98 Å². The summed E-state index contributed by atoms with van der Waals surface area (Å²) >= 11 is 5.70. The molecule has 2 rings (SSSR count). The van der Waals surface area contributed by atoms with Crippen molar-refractivity contribution in [2.45, 2.75) is 25.8 Å². The number of hydrogen-bond donors (Lipinski definition) is 1. The molecule has 2 heterocycles. The Labute approximate surface area is 106 Å². The predicted octanol–water partition coefficient (Wildman–Crippen LogP) is 2.44. The second kappa shape index (κ2) is 5.19. The predicted molar refractivity (Wildman–Crippen MR) is 67.8 cm³/mol. The fourth-order valence-electron chi connectivity index (χ4n) is 2.37. The Bertz CT molecular complexity index is 399. The molecule has 5 heteroatoms. The van der Waals surface area contributed by atoms with Gasteiger partial charge < -0.3 is 10.6 Å². The van der Waals surface area contributed by atoms with Crippen molar-refractivity contribution in [1.29, 1.82) is 0 Å². The molecule has 1 aromatic rings. The molecule has 17 heavy (non-hydrogen) atoms. The smallest absolute Gasteiger partial charge is 0.167 e. The molecule has 94 valence electrons. The maximum atomic E-state index is 13.8. The highest BCUT2D eigenvalue weighted by atomic mass is 35.5. The minimum absolute atomic E-state index is 0.168. The van der Waals surface area contributed by atoms with Gasteiger partial charge in [-0.3, -0.25) is 0 Å². The monoisotopic (exact) mass is 257 g/mol. The molecule has 0 aliphatic carbocycles. The molecule has 1 fully saturated rings. The van der Waals surface area contributed by atoms with Crippen LogP contribution in [-0.4, -0.2) is 24.1 Å². The van der Waals surface area contributed by atoms with E-state index in [1.54, 1.807) is 0 Å². The van der Waals surface area contributed by atoms with Crippen LogP contribution < -0.4 is 10.6 Å². The molecule has 1 aromatic heterocycles. The first kappa shape index (κ1) is 12.6. The summed E-state index contributed by atoms with van der Waals surface area (Å²) in [5.74, 6) is 0.636. The molecule has 1 aliphatic rings. The summed E-state index contributed by atoms with van der Waals surface area (Å²) in [5.41, 5.74) is 5.76. The fourth-order valence-corrected chi connectivity index (χ4v) is 2.52. The van der Waals surface area contributed by atoms with Gasteiger partial charge in [0.1, 0.15) is 0 Å². The normalized spacial score (nSPS) is 25.1. The lowest BCUT2D eigenvalue weighted by molar-refractivity contribution is 0.361. The molecule has 0 spiro atoms. The highest BCUT2D eigenvalue weighted by Gasteiger charge is 2.28. The van der Waals surface area contributed by atoms with Crippen LogP contribution in [0.1, 0.15) is 19.8 Å². The second-order valence-electron chi connectivity index (χ2n) is 4.67. The maximum Gasteiger partial charge on any atom is 0.167 e. The largest absolute Gasteiger partial charge is 0.350 e. The van der Waals surface area contributed by atoms with Crippen LogP contribution in [0.15, 0.2) is 12.3 Å². The molecule has 0 saturated carbocycles. The summed E-state index contributed by atoms with van der Waals surface area (Å²) in [5, 5.41) is 0.320. The number of halogens is 2. The van der Waals surface area contributed by atoms with E-state index in [2.05, 4.69) is 11.9 Å². The van der Waals surface area contributed by atoms with Crippen molar-refractivity contribution in [3.8, 4) is 0 Å². The number of aromatic nitrogens is 1. The van der Waals surface area contributed by atoms with E-state index in [-0.39, 0.29) is 11.9 Å². The highest BCUT2D eigenvalue weighted by Crippen LogP contribution is 2.28. The van der Waals surface area contributed by atoms with Gasteiger partial charge in [-0.05, 0) is 24.8 Å². The van der Waals surface area contributed by atoms with Crippen molar-refractivity contribution in [3.63, 3.8) is 0 Å². The third-order valence-corrected chi connectivity index (χ3v) is 3.52. The van der Waals surface area contributed by atoms with Gasteiger partial charge >= 0.3 is 0 Å². The third-order valence-electron chi connectivity index (χ3n) is 3.31. The lowest BCUT2D eigenvalue weighted by Gasteiger charge is -2.38. The van der Waals surface area contributed by atoms with Gasteiger partial charge in [-0.25, -0.2) is 9.37 Å². The van der Waals surface area contributed by atoms with Crippen molar-refractivity contribution < 1.29 is 4.39 Å². The van der Waals surface area contributed by atoms with Gasteiger partial charge in [-0.15, -0.1) is 0 Å². The van der Waals surface area contributed by atoms with E-state index in [0.29, 0.717) is 23.3 Å². The molecule has 0 radical (unpaired) electrons. The second-order valence-corrected chi connectivity index (χ2v) is 5.11. The number of piperidine rings is 1. The molecule has 0 amide bonds. The van der Waals surface area contributed by atoms with Crippen molar-refractivity contribution >= 4 is 17.4 Å². The summed E-state index contributed by atoms with van der Waals surface area (Å²) in [7, 11) is 0. The van der Waals surface area contributed by atoms with E-state index in [4.69, 9.17) is 17.3 Å². The number of hydrogen-bond acceptors (Lipinski definition) is 3. The first-order valence-corrected chi connectivity index (χ1v) is 6.27.